The average Bonchev–Trinajstić information content (AvgIpc) is 3.41. The van der Waals surface area contributed by atoms with Crippen molar-refractivity contribution >= 4 is 17.3 Å². The molecule has 1 aliphatic carbocycles. The number of nitrogens with zero attached hydrogens (tertiary/aromatic N) is 3. The molecule has 0 saturated heterocycles. The standard InChI is InChI=1S/C20H25F4N7O/c21-15(22)9-25-19-13(8-26-30-19)20(32)28-12-6-4-11(5-7-12)27-16-2-1-3-17-29-14(18(23)24)10-31(16)17/h1-3,8,10-12,15,18,20,27-28,32H,4-7,9H2,(H2,25,26,30)/t11-,12+,20?. The highest BCUT2D eigenvalue weighted by Crippen LogP contribution is 2.27. The number of fused-ring (bicyclic) bond motifs is 1. The normalized spacial score (nSPS) is 20.2. The van der Waals surface area contributed by atoms with Gasteiger partial charge in [-0.25, -0.2) is 22.5 Å². The van der Waals surface area contributed by atoms with Gasteiger partial charge in [-0.05, 0) is 37.8 Å². The molecule has 4 rings (SSSR count). The summed E-state index contributed by atoms with van der Waals surface area (Å²) in [4.78, 5) is 3.95. The van der Waals surface area contributed by atoms with E-state index in [4.69, 9.17) is 0 Å². The van der Waals surface area contributed by atoms with E-state index in [9.17, 15) is 22.7 Å². The van der Waals surface area contributed by atoms with E-state index in [1.54, 1.807) is 16.5 Å². The van der Waals surface area contributed by atoms with Crippen molar-refractivity contribution in [3.8, 4) is 0 Å². The number of H-pyrrole nitrogens is 1. The molecule has 1 fully saturated rings. The Bertz CT molecular complexity index is 1020. The highest BCUT2D eigenvalue weighted by Gasteiger charge is 2.25. The van der Waals surface area contributed by atoms with Crippen molar-refractivity contribution < 1.29 is 22.7 Å². The number of hydrogen-bond acceptors (Lipinski definition) is 6. The van der Waals surface area contributed by atoms with E-state index >= 15 is 0 Å². The Kier molecular flexibility index (Phi) is 6.80. The summed E-state index contributed by atoms with van der Waals surface area (Å²) in [5.74, 6) is 0.892. The van der Waals surface area contributed by atoms with Crippen LogP contribution in [-0.2, 0) is 0 Å². The minimum atomic E-state index is -2.63. The number of hydrogen-bond donors (Lipinski definition) is 5. The summed E-state index contributed by atoms with van der Waals surface area (Å²) in [5, 5.41) is 26.0. The lowest BCUT2D eigenvalue weighted by Crippen LogP contribution is -2.39. The zero-order valence-corrected chi connectivity index (χ0v) is 17.1. The van der Waals surface area contributed by atoms with E-state index in [-0.39, 0.29) is 23.6 Å². The lowest BCUT2D eigenvalue weighted by molar-refractivity contribution is 0.113. The van der Waals surface area contributed by atoms with Crippen LogP contribution in [0.2, 0.25) is 0 Å². The molecule has 0 aliphatic heterocycles. The summed E-state index contributed by atoms with van der Waals surface area (Å²) in [7, 11) is 0. The maximum atomic E-state index is 13.0. The van der Waals surface area contributed by atoms with E-state index < -0.39 is 25.6 Å². The van der Waals surface area contributed by atoms with Gasteiger partial charge in [0.15, 0.2) is 5.82 Å². The number of anilines is 2. The van der Waals surface area contributed by atoms with E-state index in [1.165, 1.54) is 12.4 Å². The van der Waals surface area contributed by atoms with Crippen LogP contribution in [0.1, 0.15) is 49.6 Å². The molecule has 3 heterocycles. The topological polar surface area (TPSA) is 102 Å². The average molecular weight is 455 g/mol. The summed E-state index contributed by atoms with van der Waals surface area (Å²) in [5.41, 5.74) is 0.579. The Hall–Kier alpha value is -2.86. The molecule has 174 valence electrons. The van der Waals surface area contributed by atoms with Gasteiger partial charge in [-0.2, -0.15) is 5.10 Å². The fourth-order valence-corrected chi connectivity index (χ4v) is 4.00. The molecule has 3 aromatic heterocycles. The second kappa shape index (κ2) is 9.74. The zero-order valence-electron chi connectivity index (χ0n) is 17.1. The summed E-state index contributed by atoms with van der Waals surface area (Å²) in [6.07, 6.45) is -0.231. The number of halogens is 4. The first-order valence-electron chi connectivity index (χ1n) is 10.4. The summed E-state index contributed by atoms with van der Waals surface area (Å²) < 4.78 is 52.4. The molecule has 5 N–H and O–H groups in total. The summed E-state index contributed by atoms with van der Waals surface area (Å²) in [6.45, 7) is -0.552. The molecule has 3 aromatic rings. The molecule has 1 atom stereocenters. The molecule has 0 amide bonds. The van der Waals surface area contributed by atoms with Crippen molar-refractivity contribution in [3.05, 3.63) is 41.9 Å². The van der Waals surface area contributed by atoms with E-state index in [0.717, 1.165) is 25.7 Å². The Morgan fingerprint density at radius 2 is 1.88 bits per heavy atom. The number of rotatable bonds is 9. The lowest BCUT2D eigenvalue weighted by atomic mass is 9.91. The molecule has 32 heavy (non-hydrogen) atoms. The first kappa shape index (κ1) is 22.3. The van der Waals surface area contributed by atoms with Gasteiger partial charge in [-0.15, -0.1) is 0 Å². The second-order valence-electron chi connectivity index (χ2n) is 7.83. The van der Waals surface area contributed by atoms with Crippen LogP contribution < -0.4 is 16.0 Å². The lowest BCUT2D eigenvalue weighted by Gasteiger charge is -2.31. The summed E-state index contributed by atoms with van der Waals surface area (Å²) in [6, 6.07) is 5.46. The third-order valence-electron chi connectivity index (χ3n) is 5.60. The largest absolute Gasteiger partial charge is 0.374 e. The minimum absolute atomic E-state index is 0.0374. The Balaban J connectivity index is 1.31. The van der Waals surface area contributed by atoms with Crippen molar-refractivity contribution in [2.75, 3.05) is 17.2 Å². The number of aromatic nitrogens is 4. The maximum Gasteiger partial charge on any atom is 0.281 e. The van der Waals surface area contributed by atoms with Crippen LogP contribution in [0, 0.1) is 0 Å². The fraction of sp³-hybridized carbons (Fsp3) is 0.500. The first-order valence-corrected chi connectivity index (χ1v) is 10.4. The molecule has 0 spiro atoms. The van der Waals surface area contributed by atoms with Gasteiger partial charge in [0, 0.05) is 24.5 Å². The predicted molar refractivity (Wildman–Crippen MR) is 111 cm³/mol. The van der Waals surface area contributed by atoms with Gasteiger partial charge in [0.25, 0.3) is 12.9 Å². The highest BCUT2D eigenvalue weighted by atomic mass is 19.3. The molecule has 12 heteroatoms. The van der Waals surface area contributed by atoms with Crippen molar-refractivity contribution in [1.29, 1.82) is 0 Å². The van der Waals surface area contributed by atoms with Crippen molar-refractivity contribution in [2.24, 2.45) is 0 Å². The predicted octanol–water partition coefficient (Wildman–Crippen LogP) is 3.68. The van der Waals surface area contributed by atoms with Crippen LogP contribution in [0.25, 0.3) is 5.65 Å². The summed E-state index contributed by atoms with van der Waals surface area (Å²) >= 11 is 0. The SMILES string of the molecule is OC(N[C@H]1CC[C@@H](Nc2cccc3nc(C(F)F)cn23)CC1)c1c[nH]nc1NCC(F)F. The Morgan fingerprint density at radius 3 is 2.59 bits per heavy atom. The fourth-order valence-electron chi connectivity index (χ4n) is 4.00. The van der Waals surface area contributed by atoms with Crippen molar-refractivity contribution in [1.82, 2.24) is 24.9 Å². The molecule has 0 bridgehead atoms. The first-order chi connectivity index (χ1) is 15.4. The minimum Gasteiger partial charge on any atom is -0.374 e. The van der Waals surface area contributed by atoms with E-state index in [2.05, 4.69) is 31.1 Å². The quantitative estimate of drug-likeness (QED) is 0.249. The van der Waals surface area contributed by atoms with Crippen LogP contribution in [0.5, 0.6) is 0 Å². The maximum absolute atomic E-state index is 13.0. The van der Waals surface area contributed by atoms with Crippen LogP contribution in [0.3, 0.4) is 0 Å². The van der Waals surface area contributed by atoms with Crippen LogP contribution >= 0.6 is 0 Å². The molecule has 1 aliphatic rings. The second-order valence-corrected chi connectivity index (χ2v) is 7.83. The van der Waals surface area contributed by atoms with Crippen molar-refractivity contribution in [3.63, 3.8) is 0 Å². The third kappa shape index (κ3) is 5.13. The third-order valence-corrected chi connectivity index (χ3v) is 5.60. The molecule has 0 aromatic carbocycles. The van der Waals surface area contributed by atoms with Gasteiger partial charge in [-0.3, -0.25) is 14.8 Å². The van der Waals surface area contributed by atoms with E-state index in [0.29, 0.717) is 17.0 Å². The number of aliphatic hydroxyl groups excluding tert-OH is 1. The smallest absolute Gasteiger partial charge is 0.281 e. The van der Waals surface area contributed by atoms with Gasteiger partial charge in [0.05, 0.1) is 12.1 Å². The monoisotopic (exact) mass is 455 g/mol. The van der Waals surface area contributed by atoms with Gasteiger partial charge >= 0.3 is 0 Å². The number of pyridine rings is 1. The number of nitrogens with one attached hydrogen (secondary N) is 4. The molecular weight excluding hydrogens is 430 g/mol. The molecular formula is C20H25F4N7O. The van der Waals surface area contributed by atoms with Gasteiger partial charge < -0.3 is 15.7 Å². The number of aliphatic hydroxyl groups is 1. The Morgan fingerprint density at radius 1 is 1.12 bits per heavy atom. The molecule has 1 unspecified atom stereocenters. The Labute approximate surface area is 181 Å². The van der Waals surface area contributed by atoms with Gasteiger partial charge in [-0.1, -0.05) is 6.07 Å². The molecule has 8 nitrogen and oxygen atoms in total. The number of alkyl halides is 4. The van der Waals surface area contributed by atoms with Gasteiger partial charge in [0.1, 0.15) is 23.4 Å². The molecule has 0 radical (unpaired) electrons. The number of aromatic amines is 1. The van der Waals surface area contributed by atoms with Gasteiger partial charge in [0.2, 0.25) is 0 Å². The van der Waals surface area contributed by atoms with Crippen LogP contribution in [-0.4, -0.2) is 49.7 Å². The molecule has 1 saturated carbocycles. The zero-order chi connectivity index (χ0) is 22.7. The highest BCUT2D eigenvalue weighted by molar-refractivity contribution is 5.51. The van der Waals surface area contributed by atoms with Crippen molar-refractivity contribution in [2.45, 2.75) is 56.8 Å². The van der Waals surface area contributed by atoms with Crippen LogP contribution in [0.15, 0.2) is 30.6 Å². The number of imidazole rings is 1. The van der Waals surface area contributed by atoms with E-state index in [1.807, 2.05) is 6.07 Å². The van der Waals surface area contributed by atoms with Crippen LogP contribution in [0.4, 0.5) is 29.2 Å².